The molecule has 1 aliphatic rings. The number of carbonyl (C=O) groups excluding carboxylic acids is 1. The van der Waals surface area contributed by atoms with Gasteiger partial charge in [0.25, 0.3) is 0 Å². The molecule has 0 atom stereocenters. The molecular formula is C12H16N2O2. The molecule has 1 aromatic carbocycles. The second kappa shape index (κ2) is 4.99. The molecule has 4 nitrogen and oxygen atoms in total. The Morgan fingerprint density at radius 2 is 2.19 bits per heavy atom. The molecular weight excluding hydrogens is 204 g/mol. The standard InChI is InChI=1S/C12H16N2O2/c15-9-10-2-3-11(8-12(10)16)14-6-1-4-13-5-7-14/h2-3,8-9,13,16H,1,4-7H2. The van der Waals surface area contributed by atoms with Gasteiger partial charge >= 0.3 is 0 Å². The molecule has 1 heterocycles. The van der Waals surface area contributed by atoms with Crippen LogP contribution in [-0.4, -0.2) is 37.6 Å². The van der Waals surface area contributed by atoms with Crippen molar-refractivity contribution in [1.29, 1.82) is 0 Å². The Bertz CT molecular complexity index is 371. The molecule has 0 aliphatic carbocycles. The topological polar surface area (TPSA) is 52.6 Å². The molecule has 0 saturated carbocycles. The fourth-order valence-electron chi connectivity index (χ4n) is 1.93. The summed E-state index contributed by atoms with van der Waals surface area (Å²) >= 11 is 0. The molecule has 0 unspecified atom stereocenters. The van der Waals surface area contributed by atoms with E-state index in [-0.39, 0.29) is 5.75 Å². The van der Waals surface area contributed by atoms with Gasteiger partial charge in [0.2, 0.25) is 0 Å². The third kappa shape index (κ3) is 2.33. The van der Waals surface area contributed by atoms with Gasteiger partial charge in [-0.25, -0.2) is 0 Å². The summed E-state index contributed by atoms with van der Waals surface area (Å²) in [4.78, 5) is 12.8. The number of nitrogens with one attached hydrogen (secondary N) is 1. The lowest BCUT2D eigenvalue weighted by atomic mass is 10.2. The number of benzene rings is 1. The number of hydrogen-bond acceptors (Lipinski definition) is 4. The summed E-state index contributed by atoms with van der Waals surface area (Å²) in [6, 6.07) is 5.21. The minimum atomic E-state index is 0.0599. The van der Waals surface area contributed by atoms with Crippen molar-refractivity contribution >= 4 is 12.0 Å². The normalized spacial score (nSPS) is 16.9. The highest BCUT2D eigenvalue weighted by Gasteiger charge is 2.11. The van der Waals surface area contributed by atoms with E-state index in [9.17, 15) is 9.90 Å². The van der Waals surface area contributed by atoms with Crippen LogP contribution in [0.1, 0.15) is 16.8 Å². The first kappa shape index (κ1) is 11.0. The second-order valence-electron chi connectivity index (χ2n) is 3.95. The molecule has 0 radical (unpaired) electrons. The first-order valence-electron chi connectivity index (χ1n) is 5.55. The molecule has 2 rings (SSSR count). The highest BCUT2D eigenvalue weighted by Crippen LogP contribution is 2.23. The van der Waals surface area contributed by atoms with Crippen molar-refractivity contribution in [2.75, 3.05) is 31.1 Å². The summed E-state index contributed by atoms with van der Waals surface area (Å²) in [5, 5.41) is 12.9. The molecule has 1 aliphatic heterocycles. The van der Waals surface area contributed by atoms with Gasteiger partial charge in [0, 0.05) is 31.4 Å². The van der Waals surface area contributed by atoms with Crippen LogP contribution in [0.15, 0.2) is 18.2 Å². The van der Waals surface area contributed by atoms with Crippen molar-refractivity contribution in [3.63, 3.8) is 0 Å². The Hall–Kier alpha value is -1.55. The number of phenols is 1. The summed E-state index contributed by atoms with van der Waals surface area (Å²) in [6.45, 7) is 3.90. The van der Waals surface area contributed by atoms with Crippen LogP contribution < -0.4 is 10.2 Å². The summed E-state index contributed by atoms with van der Waals surface area (Å²) < 4.78 is 0. The summed E-state index contributed by atoms with van der Waals surface area (Å²) in [6.07, 6.45) is 1.76. The van der Waals surface area contributed by atoms with Crippen molar-refractivity contribution in [1.82, 2.24) is 5.32 Å². The largest absolute Gasteiger partial charge is 0.507 e. The lowest BCUT2D eigenvalue weighted by Crippen LogP contribution is -2.27. The van der Waals surface area contributed by atoms with E-state index in [0.29, 0.717) is 11.8 Å². The lowest BCUT2D eigenvalue weighted by molar-refractivity contribution is 0.112. The average Bonchev–Trinajstić information content (AvgIpc) is 2.57. The van der Waals surface area contributed by atoms with Crippen LogP contribution in [0.4, 0.5) is 5.69 Å². The third-order valence-electron chi connectivity index (χ3n) is 2.85. The molecule has 4 heteroatoms. The number of hydrogen-bond donors (Lipinski definition) is 2. The van der Waals surface area contributed by atoms with Crippen LogP contribution in [0.5, 0.6) is 5.75 Å². The maximum absolute atomic E-state index is 10.6. The molecule has 1 aromatic rings. The fraction of sp³-hybridized carbons (Fsp3) is 0.417. The average molecular weight is 220 g/mol. The van der Waals surface area contributed by atoms with Gasteiger partial charge in [-0.1, -0.05) is 0 Å². The van der Waals surface area contributed by atoms with E-state index < -0.39 is 0 Å². The monoisotopic (exact) mass is 220 g/mol. The minimum absolute atomic E-state index is 0.0599. The molecule has 16 heavy (non-hydrogen) atoms. The first-order valence-corrected chi connectivity index (χ1v) is 5.55. The highest BCUT2D eigenvalue weighted by atomic mass is 16.3. The Kier molecular flexibility index (Phi) is 3.41. The van der Waals surface area contributed by atoms with Gasteiger partial charge < -0.3 is 15.3 Å². The quantitative estimate of drug-likeness (QED) is 0.730. The molecule has 1 fully saturated rings. The Balaban J connectivity index is 2.19. The predicted octanol–water partition coefficient (Wildman–Crippen LogP) is 1.00. The van der Waals surface area contributed by atoms with Crippen molar-refractivity contribution in [2.24, 2.45) is 0 Å². The van der Waals surface area contributed by atoms with E-state index in [1.807, 2.05) is 6.07 Å². The number of aromatic hydroxyl groups is 1. The van der Waals surface area contributed by atoms with Crippen molar-refractivity contribution in [3.8, 4) is 5.75 Å². The Morgan fingerprint density at radius 1 is 1.31 bits per heavy atom. The van der Waals surface area contributed by atoms with Gasteiger partial charge in [0.05, 0.1) is 5.56 Å². The maximum Gasteiger partial charge on any atom is 0.153 e. The fourth-order valence-corrected chi connectivity index (χ4v) is 1.93. The van der Waals surface area contributed by atoms with Crippen LogP contribution in [0.3, 0.4) is 0 Å². The molecule has 0 amide bonds. The van der Waals surface area contributed by atoms with E-state index in [1.54, 1.807) is 12.1 Å². The summed E-state index contributed by atoms with van der Waals surface area (Å²) in [5.74, 6) is 0.0599. The maximum atomic E-state index is 10.6. The third-order valence-corrected chi connectivity index (χ3v) is 2.85. The van der Waals surface area contributed by atoms with Crippen molar-refractivity contribution in [2.45, 2.75) is 6.42 Å². The molecule has 2 N–H and O–H groups in total. The number of carbonyl (C=O) groups is 1. The van der Waals surface area contributed by atoms with Crippen LogP contribution in [0.2, 0.25) is 0 Å². The van der Waals surface area contributed by atoms with Gasteiger partial charge in [-0.2, -0.15) is 0 Å². The van der Waals surface area contributed by atoms with Gasteiger partial charge in [0.15, 0.2) is 6.29 Å². The zero-order valence-corrected chi connectivity index (χ0v) is 9.15. The van der Waals surface area contributed by atoms with E-state index >= 15 is 0 Å². The first-order chi connectivity index (χ1) is 7.81. The molecule has 0 spiro atoms. The predicted molar refractivity (Wildman–Crippen MR) is 63.2 cm³/mol. The number of anilines is 1. The number of nitrogens with zero attached hydrogens (tertiary/aromatic N) is 1. The van der Waals surface area contributed by atoms with Gasteiger partial charge in [0.1, 0.15) is 5.75 Å². The summed E-state index contributed by atoms with van der Waals surface area (Å²) in [5.41, 5.74) is 1.32. The van der Waals surface area contributed by atoms with Gasteiger partial charge in [-0.15, -0.1) is 0 Å². The van der Waals surface area contributed by atoms with E-state index in [2.05, 4.69) is 10.2 Å². The minimum Gasteiger partial charge on any atom is -0.507 e. The smallest absolute Gasteiger partial charge is 0.153 e. The molecule has 1 saturated heterocycles. The molecule has 86 valence electrons. The second-order valence-corrected chi connectivity index (χ2v) is 3.95. The zero-order chi connectivity index (χ0) is 11.4. The number of phenolic OH excluding ortho intramolecular Hbond substituents is 1. The van der Waals surface area contributed by atoms with Crippen LogP contribution in [0, 0.1) is 0 Å². The molecule has 0 bridgehead atoms. The highest BCUT2D eigenvalue weighted by molar-refractivity contribution is 5.80. The number of aldehydes is 1. The Morgan fingerprint density at radius 3 is 2.94 bits per heavy atom. The number of rotatable bonds is 2. The Labute approximate surface area is 94.9 Å². The van der Waals surface area contributed by atoms with Crippen molar-refractivity contribution < 1.29 is 9.90 Å². The van der Waals surface area contributed by atoms with Gasteiger partial charge in [-0.3, -0.25) is 4.79 Å². The molecule has 0 aromatic heterocycles. The van der Waals surface area contributed by atoms with Crippen LogP contribution in [0.25, 0.3) is 0 Å². The summed E-state index contributed by atoms with van der Waals surface area (Å²) in [7, 11) is 0. The van der Waals surface area contributed by atoms with E-state index in [0.717, 1.165) is 38.3 Å². The van der Waals surface area contributed by atoms with Gasteiger partial charge in [-0.05, 0) is 25.1 Å². The lowest BCUT2D eigenvalue weighted by Gasteiger charge is -2.22. The SMILES string of the molecule is O=Cc1ccc(N2CCCNCC2)cc1O. The zero-order valence-electron chi connectivity index (χ0n) is 9.15. The van der Waals surface area contributed by atoms with E-state index in [1.165, 1.54) is 0 Å². The van der Waals surface area contributed by atoms with Crippen LogP contribution in [-0.2, 0) is 0 Å². The van der Waals surface area contributed by atoms with E-state index in [4.69, 9.17) is 0 Å². The van der Waals surface area contributed by atoms with Crippen molar-refractivity contribution in [3.05, 3.63) is 23.8 Å². The van der Waals surface area contributed by atoms with Crippen LogP contribution >= 0.6 is 0 Å².